The molecule has 72 valence electrons. The zero-order valence-corrected chi connectivity index (χ0v) is 8.56. The van der Waals surface area contributed by atoms with Gasteiger partial charge in [-0.1, -0.05) is 0 Å². The smallest absolute Gasteiger partial charge is 0.268 e. The van der Waals surface area contributed by atoms with Crippen LogP contribution in [0.1, 0.15) is 17.7 Å². The number of hydrogen-bond donors (Lipinski definition) is 1. The third-order valence-corrected chi connectivity index (χ3v) is 2.39. The van der Waals surface area contributed by atoms with Crippen LogP contribution in [0.4, 0.5) is 13.2 Å². The number of aromatic nitrogens is 1. The van der Waals surface area contributed by atoms with Crippen LogP contribution in [0.25, 0.3) is 0 Å². The van der Waals surface area contributed by atoms with Crippen LogP contribution in [-0.2, 0) is 6.54 Å². The predicted molar refractivity (Wildman–Crippen MR) is 49.8 cm³/mol. The first kappa shape index (κ1) is 10.7. The number of hydrogen-bond acceptors (Lipinski definition) is 2. The highest BCUT2D eigenvalue weighted by atomic mass is 127. The lowest BCUT2D eigenvalue weighted by Gasteiger charge is -2.05. The minimum Gasteiger partial charge on any atom is -0.325 e. The molecule has 0 saturated carbocycles. The standard InChI is InChI=1S/C7H6F3IN2/c8-6(9)3-1-4(11)5(2-12)13-7(3)10/h1,6H,2,12H2. The van der Waals surface area contributed by atoms with E-state index in [0.717, 1.165) is 6.07 Å². The number of rotatable bonds is 2. The van der Waals surface area contributed by atoms with Crippen molar-refractivity contribution in [1.29, 1.82) is 0 Å². The minimum absolute atomic E-state index is 0.0404. The van der Waals surface area contributed by atoms with Crippen LogP contribution in [0.15, 0.2) is 6.07 Å². The van der Waals surface area contributed by atoms with Crippen LogP contribution in [0.5, 0.6) is 0 Å². The van der Waals surface area contributed by atoms with Crippen molar-refractivity contribution in [3.63, 3.8) is 0 Å². The lowest BCUT2D eigenvalue weighted by atomic mass is 10.2. The Morgan fingerprint density at radius 3 is 2.62 bits per heavy atom. The van der Waals surface area contributed by atoms with Gasteiger partial charge in [0.05, 0.1) is 11.3 Å². The molecular weight excluding hydrogens is 296 g/mol. The van der Waals surface area contributed by atoms with Crippen molar-refractivity contribution in [1.82, 2.24) is 4.98 Å². The van der Waals surface area contributed by atoms with Gasteiger partial charge in [0.1, 0.15) is 0 Å². The summed E-state index contributed by atoms with van der Waals surface area (Å²) in [4.78, 5) is 3.33. The molecule has 1 aromatic heterocycles. The van der Waals surface area contributed by atoms with Gasteiger partial charge in [-0.3, -0.25) is 0 Å². The third kappa shape index (κ3) is 2.31. The van der Waals surface area contributed by atoms with E-state index in [9.17, 15) is 13.2 Å². The van der Waals surface area contributed by atoms with Crippen LogP contribution < -0.4 is 5.73 Å². The first-order valence-corrected chi connectivity index (χ1v) is 4.47. The topological polar surface area (TPSA) is 38.9 Å². The van der Waals surface area contributed by atoms with E-state index in [4.69, 9.17) is 5.73 Å². The van der Waals surface area contributed by atoms with Gasteiger partial charge in [0.25, 0.3) is 6.43 Å². The first-order chi connectivity index (χ1) is 6.06. The van der Waals surface area contributed by atoms with Gasteiger partial charge in [-0.2, -0.15) is 4.39 Å². The molecule has 0 amide bonds. The Morgan fingerprint density at radius 1 is 1.54 bits per heavy atom. The van der Waals surface area contributed by atoms with Gasteiger partial charge >= 0.3 is 0 Å². The van der Waals surface area contributed by atoms with E-state index in [2.05, 4.69) is 4.98 Å². The highest BCUT2D eigenvalue weighted by Crippen LogP contribution is 2.23. The number of halogens is 4. The van der Waals surface area contributed by atoms with Crippen LogP contribution >= 0.6 is 22.6 Å². The molecule has 0 bridgehead atoms. The summed E-state index contributed by atoms with van der Waals surface area (Å²) >= 11 is 1.79. The monoisotopic (exact) mass is 302 g/mol. The van der Waals surface area contributed by atoms with Crippen LogP contribution in [-0.4, -0.2) is 4.98 Å². The van der Waals surface area contributed by atoms with Crippen LogP contribution in [0, 0.1) is 9.52 Å². The fourth-order valence-corrected chi connectivity index (χ4v) is 1.49. The molecule has 0 radical (unpaired) electrons. The molecular formula is C7H6F3IN2. The minimum atomic E-state index is -2.84. The van der Waals surface area contributed by atoms with E-state index < -0.39 is 17.9 Å². The Bertz CT molecular complexity index is 317. The van der Waals surface area contributed by atoms with Gasteiger partial charge < -0.3 is 5.73 Å². The normalized spacial score (nSPS) is 10.9. The van der Waals surface area contributed by atoms with Crippen LogP contribution in [0.2, 0.25) is 0 Å². The fraction of sp³-hybridized carbons (Fsp3) is 0.286. The van der Waals surface area contributed by atoms with Crippen LogP contribution in [0.3, 0.4) is 0 Å². The lowest BCUT2D eigenvalue weighted by Crippen LogP contribution is -2.06. The van der Waals surface area contributed by atoms with Crippen molar-refractivity contribution >= 4 is 22.6 Å². The SMILES string of the molecule is NCc1nc(F)c(C(F)F)cc1I. The van der Waals surface area contributed by atoms with Crippen molar-refractivity contribution in [3.8, 4) is 0 Å². The largest absolute Gasteiger partial charge is 0.325 e. The zero-order valence-electron chi connectivity index (χ0n) is 6.40. The molecule has 0 aliphatic heterocycles. The highest BCUT2D eigenvalue weighted by Gasteiger charge is 2.16. The Hall–Kier alpha value is -0.370. The summed E-state index contributed by atoms with van der Waals surface area (Å²) in [5, 5.41) is 0. The van der Waals surface area contributed by atoms with E-state index in [-0.39, 0.29) is 6.54 Å². The Morgan fingerprint density at radius 2 is 2.15 bits per heavy atom. The van der Waals surface area contributed by atoms with Gasteiger partial charge in [-0.15, -0.1) is 0 Å². The number of nitrogens with two attached hydrogens (primary N) is 1. The fourth-order valence-electron chi connectivity index (χ4n) is 0.812. The second kappa shape index (κ2) is 4.23. The second-order valence-electron chi connectivity index (χ2n) is 2.30. The van der Waals surface area contributed by atoms with E-state index in [1.807, 2.05) is 0 Å². The molecule has 0 spiro atoms. The number of pyridine rings is 1. The molecule has 0 aromatic carbocycles. The van der Waals surface area contributed by atoms with Crippen molar-refractivity contribution in [2.45, 2.75) is 13.0 Å². The summed E-state index contributed by atoms with van der Waals surface area (Å²) in [6.45, 7) is 0.0404. The number of alkyl halides is 2. The van der Waals surface area contributed by atoms with E-state index in [1.54, 1.807) is 22.6 Å². The summed E-state index contributed by atoms with van der Waals surface area (Å²) in [5.41, 5.74) is 4.84. The highest BCUT2D eigenvalue weighted by molar-refractivity contribution is 14.1. The van der Waals surface area contributed by atoms with Crippen molar-refractivity contribution < 1.29 is 13.2 Å². The molecule has 0 aliphatic rings. The molecule has 0 atom stereocenters. The van der Waals surface area contributed by atoms with Gasteiger partial charge in [-0.25, -0.2) is 13.8 Å². The average molecular weight is 302 g/mol. The maximum atomic E-state index is 12.8. The van der Waals surface area contributed by atoms with Crippen molar-refractivity contribution in [2.24, 2.45) is 5.73 Å². The lowest BCUT2D eigenvalue weighted by molar-refractivity contribution is 0.145. The maximum absolute atomic E-state index is 12.8. The van der Waals surface area contributed by atoms with Gasteiger partial charge in [-0.05, 0) is 28.7 Å². The molecule has 0 unspecified atom stereocenters. The summed E-state index contributed by atoms with van der Waals surface area (Å²) < 4.78 is 37.5. The first-order valence-electron chi connectivity index (χ1n) is 3.39. The summed E-state index contributed by atoms with van der Waals surface area (Å²) in [5.74, 6) is -1.14. The summed E-state index contributed by atoms with van der Waals surface area (Å²) in [7, 11) is 0. The Balaban J connectivity index is 3.20. The molecule has 1 rings (SSSR count). The molecule has 2 nitrogen and oxygen atoms in total. The molecule has 1 aromatic rings. The molecule has 0 saturated heterocycles. The van der Waals surface area contributed by atoms with Crippen molar-refractivity contribution in [2.75, 3.05) is 0 Å². The molecule has 0 fully saturated rings. The molecule has 6 heteroatoms. The predicted octanol–water partition coefficient (Wildman–Crippen LogP) is 2.22. The van der Waals surface area contributed by atoms with E-state index in [0.29, 0.717) is 9.26 Å². The van der Waals surface area contributed by atoms with Gasteiger partial charge in [0.2, 0.25) is 5.95 Å². The van der Waals surface area contributed by atoms with Gasteiger partial charge in [0, 0.05) is 10.1 Å². The maximum Gasteiger partial charge on any atom is 0.268 e. The molecule has 0 aliphatic carbocycles. The molecule has 13 heavy (non-hydrogen) atoms. The zero-order chi connectivity index (χ0) is 10.0. The Kier molecular flexibility index (Phi) is 3.48. The molecule has 1 heterocycles. The second-order valence-corrected chi connectivity index (χ2v) is 3.46. The summed E-state index contributed by atoms with van der Waals surface area (Å²) in [6.07, 6.45) is -2.84. The Labute approximate surface area is 86.5 Å². The van der Waals surface area contributed by atoms with E-state index >= 15 is 0 Å². The molecule has 2 N–H and O–H groups in total. The third-order valence-electron chi connectivity index (χ3n) is 1.46. The average Bonchev–Trinajstić information content (AvgIpc) is 2.07. The summed E-state index contributed by atoms with van der Waals surface area (Å²) in [6, 6.07) is 1.07. The van der Waals surface area contributed by atoms with E-state index in [1.165, 1.54) is 0 Å². The quantitative estimate of drug-likeness (QED) is 0.672. The van der Waals surface area contributed by atoms with Gasteiger partial charge in [0.15, 0.2) is 0 Å². The van der Waals surface area contributed by atoms with Crippen molar-refractivity contribution in [3.05, 3.63) is 26.8 Å². The number of nitrogens with zero attached hydrogens (tertiary/aromatic N) is 1.